The Morgan fingerprint density at radius 1 is 0.897 bits per heavy atom. The van der Waals surface area contributed by atoms with Crippen molar-refractivity contribution in [2.75, 3.05) is 14.1 Å². The molecule has 0 bridgehead atoms. The summed E-state index contributed by atoms with van der Waals surface area (Å²) in [5, 5.41) is 8.19. The van der Waals surface area contributed by atoms with Crippen LogP contribution in [-0.4, -0.2) is 31.8 Å². The van der Waals surface area contributed by atoms with Crippen molar-refractivity contribution in [1.29, 1.82) is 0 Å². The third kappa shape index (κ3) is 5.57. The van der Waals surface area contributed by atoms with E-state index >= 15 is 0 Å². The largest absolute Gasteiger partial charge is 0.455 e. The fourth-order valence-electron chi connectivity index (χ4n) is 4.20. The van der Waals surface area contributed by atoms with Gasteiger partial charge in [-0.05, 0) is 71.6 Å². The zero-order valence-electron chi connectivity index (χ0n) is 21.7. The SMILES string of the molecule is C=C(CC)NC(=O)c1cc(-c2cc3c(C(=O)NC)c(-c4ccc(F)cc4)oc3cc2CC(=O)NC)ccc1F. The topological polar surface area (TPSA) is 100 Å². The van der Waals surface area contributed by atoms with Gasteiger partial charge in [0.25, 0.3) is 11.8 Å². The van der Waals surface area contributed by atoms with Gasteiger partial charge in [-0.25, -0.2) is 8.78 Å². The zero-order valence-corrected chi connectivity index (χ0v) is 21.7. The van der Waals surface area contributed by atoms with Crippen LogP contribution in [0, 0.1) is 11.6 Å². The van der Waals surface area contributed by atoms with E-state index < -0.39 is 23.4 Å². The molecular weight excluding hydrogens is 504 g/mol. The van der Waals surface area contributed by atoms with Gasteiger partial charge in [0, 0.05) is 30.7 Å². The lowest BCUT2D eigenvalue weighted by Gasteiger charge is -2.13. The Bertz CT molecular complexity index is 1610. The normalized spacial score (nSPS) is 10.8. The van der Waals surface area contributed by atoms with E-state index in [2.05, 4.69) is 22.5 Å². The fourth-order valence-corrected chi connectivity index (χ4v) is 4.20. The van der Waals surface area contributed by atoms with Crippen LogP contribution in [-0.2, 0) is 11.2 Å². The molecule has 0 atom stereocenters. The first-order chi connectivity index (χ1) is 18.7. The minimum Gasteiger partial charge on any atom is -0.455 e. The molecule has 1 heterocycles. The van der Waals surface area contributed by atoms with Gasteiger partial charge < -0.3 is 20.4 Å². The van der Waals surface area contributed by atoms with Crippen molar-refractivity contribution in [3.8, 4) is 22.5 Å². The van der Waals surface area contributed by atoms with Crippen molar-refractivity contribution in [2.45, 2.75) is 19.8 Å². The van der Waals surface area contributed by atoms with Gasteiger partial charge in [0.05, 0.1) is 17.5 Å². The van der Waals surface area contributed by atoms with Crippen molar-refractivity contribution >= 4 is 28.7 Å². The van der Waals surface area contributed by atoms with Crippen LogP contribution in [0.15, 0.2) is 71.3 Å². The number of fused-ring (bicyclic) bond motifs is 1. The summed E-state index contributed by atoms with van der Waals surface area (Å²) < 4.78 is 34.4. The lowest BCUT2D eigenvalue weighted by molar-refractivity contribution is -0.119. The van der Waals surface area contributed by atoms with Crippen LogP contribution in [0.3, 0.4) is 0 Å². The first-order valence-corrected chi connectivity index (χ1v) is 12.2. The standard InChI is InChI=1S/C30H27F2N3O4/c1-5-16(2)35-29(37)22-12-18(8-11-24(22)32)21-15-23-25(13-19(21)14-26(36)33-3)39-28(27(23)30(38)34-4)17-6-9-20(31)10-7-17/h6-13,15H,2,5,14H2,1,3-4H3,(H,33,36)(H,34,38)(H,35,37). The summed E-state index contributed by atoms with van der Waals surface area (Å²) >= 11 is 0. The molecule has 1 aromatic heterocycles. The Balaban J connectivity index is 1.97. The van der Waals surface area contributed by atoms with E-state index in [1.165, 1.54) is 56.6 Å². The van der Waals surface area contributed by atoms with E-state index in [-0.39, 0.29) is 29.2 Å². The van der Waals surface area contributed by atoms with E-state index in [0.717, 1.165) is 0 Å². The van der Waals surface area contributed by atoms with E-state index in [9.17, 15) is 23.2 Å². The van der Waals surface area contributed by atoms with Crippen LogP contribution >= 0.6 is 0 Å². The van der Waals surface area contributed by atoms with Gasteiger partial charge in [-0.2, -0.15) is 0 Å². The molecule has 7 nitrogen and oxygen atoms in total. The highest BCUT2D eigenvalue weighted by molar-refractivity contribution is 6.12. The maximum atomic E-state index is 14.7. The number of benzene rings is 3. The molecule has 3 aromatic carbocycles. The molecule has 0 saturated heterocycles. The van der Waals surface area contributed by atoms with Crippen molar-refractivity contribution in [3.05, 3.63) is 95.2 Å². The summed E-state index contributed by atoms with van der Waals surface area (Å²) in [7, 11) is 2.98. The van der Waals surface area contributed by atoms with Crippen LogP contribution in [0.25, 0.3) is 33.4 Å². The Kier molecular flexibility index (Phi) is 7.90. The van der Waals surface area contributed by atoms with Gasteiger partial charge in [-0.1, -0.05) is 19.6 Å². The molecule has 0 saturated carbocycles. The monoisotopic (exact) mass is 531 g/mol. The van der Waals surface area contributed by atoms with Gasteiger partial charge in [0.15, 0.2) is 0 Å². The number of halogens is 2. The second-order valence-corrected chi connectivity index (χ2v) is 8.85. The number of amides is 3. The molecule has 3 N–H and O–H groups in total. The summed E-state index contributed by atoms with van der Waals surface area (Å²) in [4.78, 5) is 38.1. The third-order valence-corrected chi connectivity index (χ3v) is 6.34. The molecule has 4 aromatic rings. The van der Waals surface area contributed by atoms with Crippen LogP contribution in [0.2, 0.25) is 0 Å². The molecule has 0 aliphatic heterocycles. The number of hydrogen-bond donors (Lipinski definition) is 3. The highest BCUT2D eigenvalue weighted by Gasteiger charge is 2.24. The Morgan fingerprint density at radius 2 is 1.59 bits per heavy atom. The Hall–Kier alpha value is -4.79. The minimum atomic E-state index is -0.720. The maximum Gasteiger partial charge on any atom is 0.258 e. The van der Waals surface area contributed by atoms with Gasteiger partial charge >= 0.3 is 0 Å². The number of rotatable bonds is 8. The molecule has 9 heteroatoms. The van der Waals surface area contributed by atoms with Crippen LogP contribution in [0.4, 0.5) is 8.78 Å². The summed E-state index contributed by atoms with van der Waals surface area (Å²) in [5.41, 5.74) is 2.76. The summed E-state index contributed by atoms with van der Waals surface area (Å²) in [5.74, 6) is -2.30. The molecule has 200 valence electrons. The summed E-state index contributed by atoms with van der Waals surface area (Å²) in [6, 6.07) is 12.9. The lowest BCUT2D eigenvalue weighted by atomic mass is 9.93. The van der Waals surface area contributed by atoms with Crippen molar-refractivity contribution in [3.63, 3.8) is 0 Å². The quantitative estimate of drug-likeness (QED) is 0.286. The fraction of sp³-hybridized carbons (Fsp3) is 0.167. The molecule has 0 unspecified atom stereocenters. The first-order valence-electron chi connectivity index (χ1n) is 12.2. The maximum absolute atomic E-state index is 14.7. The van der Waals surface area contributed by atoms with Crippen LogP contribution < -0.4 is 16.0 Å². The van der Waals surface area contributed by atoms with Crippen LogP contribution in [0.1, 0.15) is 39.6 Å². The summed E-state index contributed by atoms with van der Waals surface area (Å²) in [6.07, 6.45) is 0.439. The Morgan fingerprint density at radius 3 is 2.23 bits per heavy atom. The number of carbonyl (C=O) groups is 3. The average Bonchev–Trinajstić information content (AvgIpc) is 3.30. The number of nitrogens with one attached hydrogen (secondary N) is 3. The van der Waals surface area contributed by atoms with Gasteiger partial charge in [-0.15, -0.1) is 0 Å². The van der Waals surface area contributed by atoms with Crippen LogP contribution in [0.5, 0.6) is 0 Å². The molecule has 0 aliphatic carbocycles. The smallest absolute Gasteiger partial charge is 0.258 e. The predicted molar refractivity (Wildman–Crippen MR) is 145 cm³/mol. The van der Waals surface area contributed by atoms with Crippen molar-refractivity contribution in [1.82, 2.24) is 16.0 Å². The first kappa shape index (κ1) is 27.3. The zero-order chi connectivity index (χ0) is 28.3. The highest BCUT2D eigenvalue weighted by atomic mass is 19.1. The Labute approximate surface area is 223 Å². The average molecular weight is 532 g/mol. The molecule has 0 fully saturated rings. The van der Waals surface area contributed by atoms with Crippen molar-refractivity contribution in [2.24, 2.45) is 0 Å². The second-order valence-electron chi connectivity index (χ2n) is 8.85. The number of furan rings is 1. The van der Waals surface area contributed by atoms with E-state index in [4.69, 9.17) is 4.42 Å². The molecule has 0 spiro atoms. The summed E-state index contributed by atoms with van der Waals surface area (Å²) in [6.45, 7) is 5.55. The molecule has 3 amide bonds. The number of allylic oxidation sites excluding steroid dienone is 1. The van der Waals surface area contributed by atoms with Crippen molar-refractivity contribution < 1.29 is 27.6 Å². The van der Waals surface area contributed by atoms with E-state index in [1.54, 1.807) is 12.1 Å². The molecule has 4 rings (SSSR count). The van der Waals surface area contributed by atoms with Gasteiger partial charge in [0.1, 0.15) is 23.0 Å². The van der Waals surface area contributed by atoms with E-state index in [1.807, 2.05) is 6.92 Å². The minimum absolute atomic E-state index is 0.0464. The van der Waals surface area contributed by atoms with E-state index in [0.29, 0.717) is 45.3 Å². The van der Waals surface area contributed by atoms with Gasteiger partial charge in [0.2, 0.25) is 5.91 Å². The molecule has 39 heavy (non-hydrogen) atoms. The highest BCUT2D eigenvalue weighted by Crippen LogP contribution is 2.38. The molecule has 0 aliphatic rings. The van der Waals surface area contributed by atoms with Gasteiger partial charge in [-0.3, -0.25) is 14.4 Å². The molecule has 0 radical (unpaired) electrons. The number of carbonyl (C=O) groups excluding carboxylic acids is 3. The lowest BCUT2D eigenvalue weighted by Crippen LogP contribution is -2.23. The number of likely N-dealkylation sites (N-methyl/N-ethyl adjacent to an activating group) is 1. The third-order valence-electron chi connectivity index (χ3n) is 6.34. The predicted octanol–water partition coefficient (Wildman–Crippen LogP) is 5.35. The number of hydrogen-bond acceptors (Lipinski definition) is 4. The molecular formula is C30H27F2N3O4. The second kappa shape index (κ2) is 11.3.